The van der Waals surface area contributed by atoms with Crippen molar-refractivity contribution in [2.24, 2.45) is 0 Å². The van der Waals surface area contributed by atoms with Gasteiger partial charge in [0, 0.05) is 20.3 Å². The smallest absolute Gasteiger partial charge is 0.328 e. The van der Waals surface area contributed by atoms with Crippen LogP contribution >= 0.6 is 0 Å². The number of hydrogen-bond acceptors (Lipinski definition) is 4. The van der Waals surface area contributed by atoms with Gasteiger partial charge in [0.2, 0.25) is 0 Å². The van der Waals surface area contributed by atoms with Crippen LogP contribution in [0.3, 0.4) is 0 Å². The summed E-state index contributed by atoms with van der Waals surface area (Å²) in [5.74, 6) is -1.27. The van der Waals surface area contributed by atoms with Crippen LogP contribution in [0.2, 0.25) is 0 Å². The summed E-state index contributed by atoms with van der Waals surface area (Å²) in [4.78, 5) is 21.5. The first-order chi connectivity index (χ1) is 7.11. The van der Waals surface area contributed by atoms with Crippen molar-refractivity contribution in [2.75, 3.05) is 26.9 Å². The van der Waals surface area contributed by atoms with Crippen LogP contribution in [0.25, 0.3) is 0 Å². The highest BCUT2D eigenvalue weighted by Crippen LogP contribution is 1.83. The molecule has 0 fully saturated rings. The highest BCUT2D eigenvalue weighted by Gasteiger charge is 2.17. The molecule has 1 atom stereocenters. The van der Waals surface area contributed by atoms with Crippen LogP contribution in [0.1, 0.15) is 6.42 Å². The molecule has 0 aliphatic carbocycles. The number of hydrogen-bond donors (Lipinski definition) is 4. The standard InChI is InChI=1S/C8H16N2O5/c1-15-4-2-3-9-8(14)10-6(5-11)7(12)13/h6,11H,2-5H2,1H3,(H,12,13)(H2,9,10,14). The summed E-state index contributed by atoms with van der Waals surface area (Å²) in [6, 6.07) is -1.89. The highest BCUT2D eigenvalue weighted by atomic mass is 16.5. The number of carbonyl (C=O) groups excluding carboxylic acids is 1. The maximum absolute atomic E-state index is 11.0. The Kier molecular flexibility index (Phi) is 7.29. The van der Waals surface area contributed by atoms with Crippen LogP contribution in [0.4, 0.5) is 4.79 Å². The van der Waals surface area contributed by atoms with Crippen LogP contribution in [0, 0.1) is 0 Å². The van der Waals surface area contributed by atoms with Crippen LogP contribution in [0.15, 0.2) is 0 Å². The zero-order valence-electron chi connectivity index (χ0n) is 8.52. The van der Waals surface area contributed by atoms with Crippen LogP contribution in [-0.4, -0.2) is 55.1 Å². The molecule has 7 heteroatoms. The Balaban J connectivity index is 3.67. The maximum Gasteiger partial charge on any atom is 0.328 e. The van der Waals surface area contributed by atoms with Gasteiger partial charge < -0.3 is 25.6 Å². The molecule has 0 bridgehead atoms. The van der Waals surface area contributed by atoms with Crippen molar-refractivity contribution in [1.29, 1.82) is 0 Å². The second kappa shape index (κ2) is 8.01. The van der Waals surface area contributed by atoms with Crippen molar-refractivity contribution in [1.82, 2.24) is 10.6 Å². The SMILES string of the molecule is COCCCNC(=O)NC(CO)C(=O)O. The number of amides is 2. The van der Waals surface area contributed by atoms with Gasteiger partial charge in [0.25, 0.3) is 0 Å². The quantitative estimate of drug-likeness (QED) is 0.402. The van der Waals surface area contributed by atoms with Crippen LogP contribution in [-0.2, 0) is 9.53 Å². The fraction of sp³-hybridized carbons (Fsp3) is 0.750. The number of carbonyl (C=O) groups is 2. The Hall–Kier alpha value is -1.34. The molecule has 88 valence electrons. The zero-order chi connectivity index (χ0) is 11.7. The number of carboxylic acids is 1. The van der Waals surface area contributed by atoms with E-state index in [-0.39, 0.29) is 0 Å². The highest BCUT2D eigenvalue weighted by molar-refractivity contribution is 5.82. The van der Waals surface area contributed by atoms with Crippen molar-refractivity contribution in [3.05, 3.63) is 0 Å². The van der Waals surface area contributed by atoms with Crippen molar-refractivity contribution in [2.45, 2.75) is 12.5 Å². The van der Waals surface area contributed by atoms with E-state index in [1.165, 1.54) is 0 Å². The number of ether oxygens (including phenoxy) is 1. The first kappa shape index (κ1) is 13.7. The van der Waals surface area contributed by atoms with E-state index in [2.05, 4.69) is 10.6 Å². The number of aliphatic hydroxyl groups excluding tert-OH is 1. The lowest BCUT2D eigenvalue weighted by molar-refractivity contribution is -0.140. The predicted molar refractivity (Wildman–Crippen MR) is 51.5 cm³/mol. The number of urea groups is 1. The number of carboxylic acid groups (broad SMARTS) is 1. The van der Waals surface area contributed by atoms with Gasteiger partial charge in [-0.25, -0.2) is 9.59 Å². The fourth-order valence-electron chi connectivity index (χ4n) is 0.813. The van der Waals surface area contributed by atoms with Crippen LogP contribution in [0.5, 0.6) is 0 Å². The van der Waals surface area contributed by atoms with E-state index in [9.17, 15) is 9.59 Å². The largest absolute Gasteiger partial charge is 0.480 e. The number of aliphatic hydroxyl groups is 1. The Morgan fingerprint density at radius 2 is 2.13 bits per heavy atom. The van der Waals surface area contributed by atoms with Crippen molar-refractivity contribution in [3.63, 3.8) is 0 Å². The second-order valence-electron chi connectivity index (χ2n) is 2.82. The Morgan fingerprint density at radius 3 is 2.60 bits per heavy atom. The van der Waals surface area contributed by atoms with Crippen molar-refractivity contribution < 1.29 is 24.5 Å². The number of methoxy groups -OCH3 is 1. The van der Waals surface area contributed by atoms with Gasteiger partial charge >= 0.3 is 12.0 Å². The average Bonchev–Trinajstić information content (AvgIpc) is 2.20. The molecule has 0 aliphatic rings. The molecule has 0 saturated carbocycles. The Bertz CT molecular complexity index is 209. The molecular formula is C8H16N2O5. The molecular weight excluding hydrogens is 204 g/mol. The molecule has 0 rings (SSSR count). The molecule has 0 aromatic rings. The second-order valence-corrected chi connectivity index (χ2v) is 2.82. The Morgan fingerprint density at radius 1 is 1.47 bits per heavy atom. The van der Waals surface area contributed by atoms with E-state index in [4.69, 9.17) is 14.9 Å². The van der Waals surface area contributed by atoms with Gasteiger partial charge in [0.15, 0.2) is 6.04 Å². The predicted octanol–water partition coefficient (Wildman–Crippen LogP) is -1.23. The topological polar surface area (TPSA) is 108 Å². The minimum atomic E-state index is -1.27. The third-order valence-electron chi connectivity index (χ3n) is 1.60. The lowest BCUT2D eigenvalue weighted by Gasteiger charge is -2.12. The third kappa shape index (κ3) is 6.69. The van der Waals surface area contributed by atoms with Gasteiger partial charge in [-0.15, -0.1) is 0 Å². The summed E-state index contributed by atoms with van der Waals surface area (Å²) >= 11 is 0. The van der Waals surface area contributed by atoms with E-state index in [0.717, 1.165) is 0 Å². The van der Waals surface area contributed by atoms with Crippen molar-refractivity contribution >= 4 is 12.0 Å². The molecule has 0 spiro atoms. The molecule has 7 nitrogen and oxygen atoms in total. The molecule has 4 N–H and O–H groups in total. The monoisotopic (exact) mass is 220 g/mol. The Labute approximate surface area is 87.4 Å². The summed E-state index contributed by atoms with van der Waals surface area (Å²) in [5, 5.41) is 21.7. The first-order valence-corrected chi connectivity index (χ1v) is 4.48. The lowest BCUT2D eigenvalue weighted by Crippen LogP contribution is -2.48. The molecule has 1 unspecified atom stereocenters. The maximum atomic E-state index is 11.0. The molecule has 0 aliphatic heterocycles. The first-order valence-electron chi connectivity index (χ1n) is 4.48. The lowest BCUT2D eigenvalue weighted by atomic mass is 10.3. The average molecular weight is 220 g/mol. The number of aliphatic carboxylic acids is 1. The van der Waals surface area contributed by atoms with E-state index >= 15 is 0 Å². The summed E-state index contributed by atoms with van der Waals surface area (Å²) in [7, 11) is 1.55. The molecule has 0 saturated heterocycles. The van der Waals surface area contributed by atoms with Crippen molar-refractivity contribution in [3.8, 4) is 0 Å². The van der Waals surface area contributed by atoms with E-state index in [1.807, 2.05) is 0 Å². The van der Waals surface area contributed by atoms with Crippen LogP contribution < -0.4 is 10.6 Å². The fourth-order valence-corrected chi connectivity index (χ4v) is 0.813. The summed E-state index contributed by atoms with van der Waals surface area (Å²) in [5.41, 5.74) is 0. The van der Waals surface area contributed by atoms with E-state index in [1.54, 1.807) is 7.11 Å². The van der Waals surface area contributed by atoms with E-state index in [0.29, 0.717) is 19.6 Å². The molecule has 15 heavy (non-hydrogen) atoms. The summed E-state index contributed by atoms with van der Waals surface area (Å²) < 4.78 is 4.76. The van der Waals surface area contributed by atoms with Gasteiger partial charge in [-0.1, -0.05) is 0 Å². The summed E-state index contributed by atoms with van der Waals surface area (Å²) in [6.45, 7) is 0.265. The van der Waals surface area contributed by atoms with E-state index < -0.39 is 24.6 Å². The normalized spacial score (nSPS) is 11.9. The third-order valence-corrected chi connectivity index (χ3v) is 1.60. The number of nitrogens with one attached hydrogen (secondary N) is 2. The van der Waals surface area contributed by atoms with Gasteiger partial charge in [0.05, 0.1) is 6.61 Å². The minimum absolute atomic E-state index is 0.386. The molecule has 0 radical (unpaired) electrons. The van der Waals surface area contributed by atoms with Gasteiger partial charge in [-0.2, -0.15) is 0 Å². The van der Waals surface area contributed by atoms with Gasteiger partial charge in [-0.3, -0.25) is 0 Å². The minimum Gasteiger partial charge on any atom is -0.480 e. The number of rotatable bonds is 7. The molecule has 0 heterocycles. The van der Waals surface area contributed by atoms with Gasteiger partial charge in [-0.05, 0) is 6.42 Å². The molecule has 2 amide bonds. The summed E-state index contributed by atoms with van der Waals surface area (Å²) in [6.07, 6.45) is 0.640. The molecule has 0 aromatic heterocycles. The zero-order valence-corrected chi connectivity index (χ0v) is 8.52. The van der Waals surface area contributed by atoms with Gasteiger partial charge in [0.1, 0.15) is 0 Å². The molecule has 0 aromatic carbocycles.